The van der Waals surface area contributed by atoms with Crippen molar-refractivity contribution in [3.05, 3.63) is 89.2 Å². The van der Waals surface area contributed by atoms with Crippen LogP contribution in [0.5, 0.6) is 5.75 Å². The van der Waals surface area contributed by atoms with E-state index in [4.69, 9.17) is 10.00 Å². The molecule has 15 heteroatoms. The summed E-state index contributed by atoms with van der Waals surface area (Å²) in [6, 6.07) is 15.4. The highest BCUT2D eigenvalue weighted by atomic mass is 32.2. The summed E-state index contributed by atoms with van der Waals surface area (Å²) in [5.74, 6) is -0.638. The number of nitrogens with one attached hydrogen (secondary N) is 1. The van der Waals surface area contributed by atoms with Crippen LogP contribution in [0.2, 0.25) is 0 Å². The Morgan fingerprint density at radius 3 is 2.23 bits per heavy atom. The number of hydrogen-bond acceptors (Lipinski definition) is 8. The molecular formula is C32H31F4N5O5S. The number of rotatable bonds is 8. The van der Waals surface area contributed by atoms with E-state index in [0.717, 1.165) is 29.8 Å². The van der Waals surface area contributed by atoms with Crippen LogP contribution in [-0.2, 0) is 16.4 Å². The van der Waals surface area contributed by atoms with Crippen molar-refractivity contribution in [2.45, 2.75) is 54.5 Å². The van der Waals surface area contributed by atoms with Gasteiger partial charge in [0.1, 0.15) is 23.7 Å². The van der Waals surface area contributed by atoms with Gasteiger partial charge in [-0.2, -0.15) is 18.4 Å². The topological polar surface area (TPSA) is 133 Å². The number of likely N-dealkylation sites (tertiary alicyclic amines) is 2. The highest BCUT2D eigenvalue weighted by Crippen LogP contribution is 2.31. The number of nitriles is 1. The van der Waals surface area contributed by atoms with E-state index in [1.165, 1.54) is 18.3 Å². The summed E-state index contributed by atoms with van der Waals surface area (Å²) in [5, 5.41) is 11.7. The van der Waals surface area contributed by atoms with Gasteiger partial charge in [-0.3, -0.25) is 19.5 Å². The largest absolute Gasteiger partial charge is 0.501 e. The molecule has 0 saturated carbocycles. The van der Waals surface area contributed by atoms with Crippen molar-refractivity contribution in [2.75, 3.05) is 26.2 Å². The second-order valence-corrected chi connectivity index (χ2v) is 13.3. The van der Waals surface area contributed by atoms with Crippen LogP contribution in [0.1, 0.15) is 51.2 Å². The van der Waals surface area contributed by atoms with E-state index in [9.17, 15) is 35.6 Å². The van der Waals surface area contributed by atoms with Crippen molar-refractivity contribution in [2.24, 2.45) is 0 Å². The summed E-state index contributed by atoms with van der Waals surface area (Å²) < 4.78 is 82.1. The standard InChI is InChI=1S/C32H31F4N5O5S/c33-27-20-40(19-22-3-1-21(17-37)2-4-22)14-13-28(27)39-30(42)23-5-10-29(38-18-23)31(43)41-15-11-25(12-16-41)46-24-6-8-26(9-7-24)47(44,45)32(34,35)36/h1-10,18,25,27-28H,11-16,19-20H2,(H,39,42)/t27-,28+/m0/s1. The van der Waals surface area contributed by atoms with Gasteiger partial charge >= 0.3 is 5.51 Å². The normalized spacial score (nSPS) is 19.5. The molecular weight excluding hydrogens is 642 g/mol. The summed E-state index contributed by atoms with van der Waals surface area (Å²) in [5.41, 5.74) is -3.56. The minimum Gasteiger partial charge on any atom is -0.490 e. The van der Waals surface area contributed by atoms with E-state index >= 15 is 0 Å². The average molecular weight is 674 g/mol. The third-order valence-electron chi connectivity index (χ3n) is 8.15. The van der Waals surface area contributed by atoms with E-state index < -0.39 is 38.4 Å². The summed E-state index contributed by atoms with van der Waals surface area (Å²) in [6.45, 7) is 1.90. The molecule has 2 amide bonds. The SMILES string of the molecule is N#Cc1ccc(CN2CC[C@@H](NC(=O)c3ccc(C(=O)N4CCC(Oc5ccc(S(=O)(=O)C(F)(F)F)cc5)CC4)nc3)[C@@H](F)C2)cc1. The molecule has 3 heterocycles. The number of aromatic nitrogens is 1. The lowest BCUT2D eigenvalue weighted by atomic mass is 10.0. The third-order valence-corrected chi connectivity index (χ3v) is 9.65. The minimum atomic E-state index is -5.45. The molecule has 0 spiro atoms. The van der Waals surface area contributed by atoms with Gasteiger partial charge < -0.3 is 15.0 Å². The van der Waals surface area contributed by atoms with Crippen LogP contribution in [0.3, 0.4) is 0 Å². The van der Waals surface area contributed by atoms with E-state index in [-0.39, 0.29) is 35.6 Å². The first-order valence-electron chi connectivity index (χ1n) is 14.8. The van der Waals surface area contributed by atoms with Crippen LogP contribution < -0.4 is 10.1 Å². The smallest absolute Gasteiger partial charge is 0.490 e. The number of pyridine rings is 1. The van der Waals surface area contributed by atoms with Gasteiger partial charge in [0.05, 0.1) is 28.1 Å². The molecule has 3 aromatic rings. The number of halogens is 4. The predicted octanol–water partition coefficient (Wildman–Crippen LogP) is 4.27. The van der Waals surface area contributed by atoms with Gasteiger partial charge in [0.15, 0.2) is 0 Å². The van der Waals surface area contributed by atoms with Crippen LogP contribution >= 0.6 is 0 Å². The molecule has 2 saturated heterocycles. The second-order valence-electron chi connectivity index (χ2n) is 11.4. The maximum absolute atomic E-state index is 15.0. The molecule has 0 bridgehead atoms. The first-order chi connectivity index (χ1) is 22.3. The second kappa shape index (κ2) is 14.1. The molecule has 248 valence electrons. The third kappa shape index (κ3) is 8.06. The lowest BCUT2D eigenvalue weighted by molar-refractivity contribution is -0.0436. The zero-order valence-corrected chi connectivity index (χ0v) is 25.8. The summed E-state index contributed by atoms with van der Waals surface area (Å²) in [6.07, 6.45) is 0.908. The van der Waals surface area contributed by atoms with Gasteiger partial charge in [-0.25, -0.2) is 12.8 Å². The molecule has 2 aliphatic rings. The molecule has 47 heavy (non-hydrogen) atoms. The summed E-state index contributed by atoms with van der Waals surface area (Å²) in [7, 11) is -5.45. The van der Waals surface area contributed by atoms with Crippen molar-refractivity contribution < 1.29 is 40.3 Å². The number of ether oxygens (including phenoxy) is 1. The van der Waals surface area contributed by atoms with Gasteiger partial charge in [-0.1, -0.05) is 12.1 Å². The quantitative estimate of drug-likeness (QED) is 0.351. The molecule has 2 atom stereocenters. The Labute approximate surface area is 268 Å². The molecule has 2 aromatic carbocycles. The number of hydrogen-bond donors (Lipinski definition) is 1. The van der Waals surface area contributed by atoms with Gasteiger partial charge in [0.25, 0.3) is 21.7 Å². The van der Waals surface area contributed by atoms with Crippen molar-refractivity contribution in [3.63, 3.8) is 0 Å². The Balaban J connectivity index is 1.07. The molecule has 0 aliphatic carbocycles. The zero-order valence-electron chi connectivity index (χ0n) is 25.0. The first kappa shape index (κ1) is 33.8. The van der Waals surface area contributed by atoms with Gasteiger partial charge in [0, 0.05) is 51.8 Å². The fourth-order valence-corrected chi connectivity index (χ4v) is 6.25. The van der Waals surface area contributed by atoms with Crippen molar-refractivity contribution in [3.8, 4) is 11.8 Å². The van der Waals surface area contributed by atoms with Crippen LogP contribution in [0.25, 0.3) is 0 Å². The molecule has 0 radical (unpaired) electrons. The summed E-state index contributed by atoms with van der Waals surface area (Å²) in [4.78, 5) is 32.6. The lowest BCUT2D eigenvalue weighted by Crippen LogP contribution is -2.52. The molecule has 0 unspecified atom stereocenters. The Bertz CT molecular complexity index is 1720. The number of carbonyl (C=O) groups is 2. The number of benzene rings is 2. The van der Waals surface area contributed by atoms with Gasteiger partial charge in [0.2, 0.25) is 0 Å². The molecule has 1 N–H and O–H groups in total. The Kier molecular flexibility index (Phi) is 10.1. The maximum Gasteiger partial charge on any atom is 0.501 e. The van der Waals surface area contributed by atoms with Crippen LogP contribution in [0, 0.1) is 11.3 Å². The van der Waals surface area contributed by atoms with Crippen LogP contribution in [0.4, 0.5) is 17.6 Å². The van der Waals surface area contributed by atoms with Crippen LogP contribution in [-0.4, -0.2) is 85.0 Å². The fourth-order valence-electron chi connectivity index (χ4n) is 5.49. The number of piperidine rings is 2. The molecule has 2 fully saturated rings. The Hall–Kier alpha value is -4.55. The average Bonchev–Trinajstić information content (AvgIpc) is 3.06. The Morgan fingerprint density at radius 1 is 0.979 bits per heavy atom. The number of amides is 2. The predicted molar refractivity (Wildman–Crippen MR) is 161 cm³/mol. The molecule has 5 rings (SSSR count). The number of carbonyl (C=O) groups excluding carboxylic acids is 2. The minimum absolute atomic E-state index is 0.127. The van der Waals surface area contributed by atoms with Crippen molar-refractivity contribution >= 4 is 21.7 Å². The monoisotopic (exact) mass is 673 g/mol. The number of sulfone groups is 1. The van der Waals surface area contributed by atoms with Crippen LogP contribution in [0.15, 0.2) is 71.8 Å². The van der Waals surface area contributed by atoms with Crippen molar-refractivity contribution in [1.29, 1.82) is 5.26 Å². The first-order valence-corrected chi connectivity index (χ1v) is 16.3. The maximum atomic E-state index is 15.0. The van der Waals surface area contributed by atoms with Gasteiger partial charge in [-0.05, 0) is 60.5 Å². The summed E-state index contributed by atoms with van der Waals surface area (Å²) >= 11 is 0. The number of alkyl halides is 4. The molecule has 2 aliphatic heterocycles. The zero-order chi connectivity index (χ0) is 33.8. The van der Waals surface area contributed by atoms with E-state index in [0.29, 0.717) is 51.0 Å². The number of nitrogens with zero attached hydrogens (tertiary/aromatic N) is 4. The fraction of sp³-hybridized carbons (Fsp3) is 0.375. The lowest BCUT2D eigenvalue weighted by Gasteiger charge is -2.35. The molecule has 10 nitrogen and oxygen atoms in total. The highest BCUT2D eigenvalue weighted by Gasteiger charge is 2.46. The van der Waals surface area contributed by atoms with E-state index in [1.54, 1.807) is 17.0 Å². The Morgan fingerprint density at radius 2 is 1.66 bits per heavy atom. The highest BCUT2D eigenvalue weighted by molar-refractivity contribution is 7.92. The van der Waals surface area contributed by atoms with Crippen molar-refractivity contribution in [1.82, 2.24) is 20.1 Å². The van der Waals surface area contributed by atoms with E-state index in [1.807, 2.05) is 17.0 Å². The van der Waals surface area contributed by atoms with E-state index in [2.05, 4.69) is 16.4 Å². The molecule has 1 aromatic heterocycles. The van der Waals surface area contributed by atoms with Gasteiger partial charge in [-0.15, -0.1) is 0 Å².